The minimum absolute atomic E-state index is 0.00264. The van der Waals surface area contributed by atoms with Crippen molar-refractivity contribution in [1.82, 2.24) is 15.5 Å². The maximum Gasteiger partial charge on any atom is 0.239 e. The lowest BCUT2D eigenvalue weighted by Crippen LogP contribution is -2.42. The minimum atomic E-state index is -0.180. The van der Waals surface area contributed by atoms with Gasteiger partial charge in [0.1, 0.15) is 5.75 Å². The Labute approximate surface area is 154 Å². The third-order valence-corrected chi connectivity index (χ3v) is 3.87. The Bertz CT molecular complexity index is 774. The van der Waals surface area contributed by atoms with Gasteiger partial charge >= 0.3 is 0 Å². The molecule has 0 saturated heterocycles. The van der Waals surface area contributed by atoms with Crippen molar-refractivity contribution in [3.8, 4) is 5.75 Å². The topological polar surface area (TPSA) is 70.7 Å². The summed E-state index contributed by atoms with van der Waals surface area (Å²) in [6, 6.07) is 12.2. The number of nitrogens with one attached hydrogen (secondary N) is 2. The van der Waals surface area contributed by atoms with Gasteiger partial charge in [-0.2, -0.15) is 0 Å². The lowest BCUT2D eigenvalue weighted by Gasteiger charge is -2.17. The molecule has 0 aliphatic rings. The number of nitrogens with zero attached hydrogens (tertiary/aromatic N) is 1. The summed E-state index contributed by atoms with van der Waals surface area (Å²) in [5.41, 5.74) is 1.12. The first-order valence-electron chi connectivity index (χ1n) is 8.68. The van der Waals surface area contributed by atoms with E-state index in [-0.39, 0.29) is 30.9 Å². The Balaban J connectivity index is 1.86. The Morgan fingerprint density at radius 2 is 1.77 bits per heavy atom. The Morgan fingerprint density at radius 3 is 2.46 bits per heavy atom. The summed E-state index contributed by atoms with van der Waals surface area (Å²) in [6.07, 6.45) is 0. The van der Waals surface area contributed by atoms with Crippen molar-refractivity contribution in [1.29, 1.82) is 0 Å². The van der Waals surface area contributed by atoms with E-state index in [1.165, 1.54) is 0 Å². The van der Waals surface area contributed by atoms with Gasteiger partial charge in [0.2, 0.25) is 11.8 Å². The number of ether oxygens (including phenoxy) is 1. The molecule has 2 amide bonds. The van der Waals surface area contributed by atoms with Crippen LogP contribution in [0, 0.1) is 0 Å². The molecule has 2 N–H and O–H groups in total. The van der Waals surface area contributed by atoms with E-state index >= 15 is 0 Å². The van der Waals surface area contributed by atoms with Crippen molar-refractivity contribution < 1.29 is 14.3 Å². The standard InChI is InChI=1S/C20H27N3O3/c1-14(2)22-19(24)11-21-20(25)13-23(3)12-15-5-6-17-10-18(26-4)8-7-16(17)9-15/h5-10,14H,11-13H2,1-4H3,(H,21,25)(H,22,24). The minimum Gasteiger partial charge on any atom is -0.497 e. The maximum absolute atomic E-state index is 12.0. The van der Waals surface area contributed by atoms with Gasteiger partial charge in [-0.1, -0.05) is 18.2 Å². The van der Waals surface area contributed by atoms with E-state index in [2.05, 4.69) is 22.8 Å². The van der Waals surface area contributed by atoms with Gasteiger partial charge in [0.15, 0.2) is 0 Å². The van der Waals surface area contributed by atoms with Gasteiger partial charge in [-0.25, -0.2) is 0 Å². The zero-order chi connectivity index (χ0) is 19.1. The van der Waals surface area contributed by atoms with Gasteiger partial charge in [0.05, 0.1) is 20.2 Å². The number of carbonyl (C=O) groups excluding carboxylic acids is 2. The second kappa shape index (κ2) is 9.20. The van der Waals surface area contributed by atoms with Crippen LogP contribution in [0.15, 0.2) is 36.4 Å². The van der Waals surface area contributed by atoms with Crippen molar-refractivity contribution in [3.05, 3.63) is 42.0 Å². The van der Waals surface area contributed by atoms with E-state index in [1.54, 1.807) is 7.11 Å². The summed E-state index contributed by atoms with van der Waals surface area (Å²) < 4.78 is 5.24. The largest absolute Gasteiger partial charge is 0.497 e. The number of hydrogen-bond donors (Lipinski definition) is 2. The smallest absolute Gasteiger partial charge is 0.239 e. The molecule has 0 radical (unpaired) electrons. The van der Waals surface area contributed by atoms with Crippen molar-refractivity contribution >= 4 is 22.6 Å². The summed E-state index contributed by atoms with van der Waals surface area (Å²) in [4.78, 5) is 25.4. The Hall–Kier alpha value is -2.60. The first kappa shape index (κ1) is 19.7. The summed E-state index contributed by atoms with van der Waals surface area (Å²) in [7, 11) is 3.54. The average molecular weight is 357 g/mol. The molecule has 0 atom stereocenters. The molecule has 0 saturated carbocycles. The lowest BCUT2D eigenvalue weighted by atomic mass is 10.1. The summed E-state index contributed by atoms with van der Waals surface area (Å²) in [5, 5.41) is 7.63. The van der Waals surface area contributed by atoms with Gasteiger partial charge in [0, 0.05) is 12.6 Å². The molecule has 2 aromatic carbocycles. The van der Waals surface area contributed by atoms with Crippen LogP contribution in [0.25, 0.3) is 10.8 Å². The first-order chi connectivity index (χ1) is 12.4. The molecule has 140 valence electrons. The van der Waals surface area contributed by atoms with Crippen LogP contribution < -0.4 is 15.4 Å². The highest BCUT2D eigenvalue weighted by atomic mass is 16.5. The van der Waals surface area contributed by atoms with Crippen LogP contribution in [0.1, 0.15) is 19.4 Å². The van der Waals surface area contributed by atoms with E-state index in [9.17, 15) is 9.59 Å². The van der Waals surface area contributed by atoms with Crippen molar-refractivity contribution in [2.24, 2.45) is 0 Å². The molecule has 0 unspecified atom stereocenters. The SMILES string of the molecule is COc1ccc2cc(CN(C)CC(=O)NCC(=O)NC(C)C)ccc2c1. The van der Waals surface area contributed by atoms with Crippen LogP contribution >= 0.6 is 0 Å². The molecule has 6 nitrogen and oxygen atoms in total. The Kier molecular flexibility index (Phi) is 6.97. The van der Waals surface area contributed by atoms with E-state index in [4.69, 9.17) is 4.74 Å². The quantitative estimate of drug-likeness (QED) is 0.757. The highest BCUT2D eigenvalue weighted by molar-refractivity contribution is 5.86. The first-order valence-corrected chi connectivity index (χ1v) is 8.68. The van der Waals surface area contributed by atoms with Crippen LogP contribution in [0.4, 0.5) is 0 Å². The highest BCUT2D eigenvalue weighted by Gasteiger charge is 2.10. The maximum atomic E-state index is 12.0. The monoisotopic (exact) mass is 357 g/mol. The molecule has 2 aromatic rings. The van der Waals surface area contributed by atoms with Gasteiger partial charge in [-0.15, -0.1) is 0 Å². The van der Waals surface area contributed by atoms with Crippen LogP contribution in [0.2, 0.25) is 0 Å². The van der Waals surface area contributed by atoms with Crippen LogP contribution in [-0.2, 0) is 16.1 Å². The zero-order valence-electron chi connectivity index (χ0n) is 15.8. The van der Waals surface area contributed by atoms with Crippen LogP contribution in [0.5, 0.6) is 5.75 Å². The van der Waals surface area contributed by atoms with Crippen molar-refractivity contribution in [2.45, 2.75) is 26.4 Å². The fourth-order valence-corrected chi connectivity index (χ4v) is 2.72. The molecule has 0 heterocycles. The number of carbonyl (C=O) groups is 2. The predicted octanol–water partition coefficient (Wildman–Crippen LogP) is 1.92. The van der Waals surface area contributed by atoms with E-state index in [0.29, 0.717) is 6.54 Å². The number of amides is 2. The molecule has 0 aliphatic heterocycles. The summed E-state index contributed by atoms with van der Waals surface area (Å²) in [5.74, 6) is 0.485. The van der Waals surface area contributed by atoms with Crippen molar-refractivity contribution in [2.75, 3.05) is 27.2 Å². The van der Waals surface area contributed by atoms with Gasteiger partial charge in [0.25, 0.3) is 0 Å². The van der Waals surface area contributed by atoms with E-state index < -0.39 is 0 Å². The summed E-state index contributed by atoms with van der Waals surface area (Å²) >= 11 is 0. The second-order valence-electron chi connectivity index (χ2n) is 6.72. The number of methoxy groups -OCH3 is 1. The van der Waals surface area contributed by atoms with Gasteiger partial charge in [-0.05, 0) is 55.4 Å². The fourth-order valence-electron chi connectivity index (χ4n) is 2.72. The molecule has 26 heavy (non-hydrogen) atoms. The normalized spacial score (nSPS) is 11.0. The summed E-state index contributed by atoms with van der Waals surface area (Å²) in [6.45, 7) is 4.64. The third kappa shape index (κ3) is 6.04. The predicted molar refractivity (Wildman–Crippen MR) is 103 cm³/mol. The van der Waals surface area contributed by atoms with Crippen LogP contribution in [0.3, 0.4) is 0 Å². The van der Waals surface area contributed by atoms with E-state index in [1.807, 2.05) is 50.1 Å². The molecule has 0 spiro atoms. The highest BCUT2D eigenvalue weighted by Crippen LogP contribution is 2.22. The molecule has 0 fully saturated rings. The number of benzene rings is 2. The number of hydrogen-bond acceptors (Lipinski definition) is 4. The number of fused-ring (bicyclic) bond motifs is 1. The lowest BCUT2D eigenvalue weighted by molar-refractivity contribution is -0.126. The second-order valence-corrected chi connectivity index (χ2v) is 6.72. The molecular formula is C20H27N3O3. The number of likely N-dealkylation sites (N-methyl/N-ethyl adjacent to an activating group) is 1. The molecule has 0 bridgehead atoms. The zero-order valence-corrected chi connectivity index (χ0v) is 15.8. The fraction of sp³-hybridized carbons (Fsp3) is 0.400. The van der Waals surface area contributed by atoms with Crippen LogP contribution in [-0.4, -0.2) is 50.0 Å². The van der Waals surface area contributed by atoms with E-state index in [0.717, 1.165) is 22.1 Å². The molecule has 0 aliphatic carbocycles. The molecule has 2 rings (SSSR count). The van der Waals surface area contributed by atoms with Gasteiger partial charge in [-0.3, -0.25) is 14.5 Å². The molecule has 0 aromatic heterocycles. The van der Waals surface area contributed by atoms with Crippen molar-refractivity contribution in [3.63, 3.8) is 0 Å². The average Bonchev–Trinajstić information content (AvgIpc) is 2.58. The molecule has 6 heteroatoms. The Morgan fingerprint density at radius 1 is 1.08 bits per heavy atom. The molecular weight excluding hydrogens is 330 g/mol. The van der Waals surface area contributed by atoms with Gasteiger partial charge < -0.3 is 15.4 Å². The number of rotatable bonds is 8. The third-order valence-electron chi connectivity index (χ3n) is 3.87.